The number of aliphatic hydroxyl groups is 2. The number of primary amides is 2. The first-order valence-corrected chi connectivity index (χ1v) is 6.67. The molecule has 1 aromatic rings. The van der Waals surface area contributed by atoms with Crippen LogP contribution in [0.15, 0.2) is 6.07 Å². The second-order valence-corrected chi connectivity index (χ2v) is 5.01. The molecule has 2 amide bonds. The molecule has 7 heteroatoms. The molecule has 0 heterocycles. The van der Waals surface area contributed by atoms with E-state index in [1.54, 1.807) is 6.07 Å². The average molecular weight is 378 g/mol. The largest absolute Gasteiger partial charge is 0.396 e. The van der Waals surface area contributed by atoms with Crippen LogP contribution in [0.5, 0.6) is 0 Å². The number of rotatable bonds is 6. The van der Waals surface area contributed by atoms with Crippen molar-refractivity contribution >= 4 is 34.4 Å². The Morgan fingerprint density at radius 3 is 1.63 bits per heavy atom. The summed E-state index contributed by atoms with van der Waals surface area (Å²) in [7, 11) is 0. The van der Waals surface area contributed by atoms with Gasteiger partial charge >= 0.3 is 0 Å². The number of carbonyl (C=O) groups excluding carboxylic acids is 2. The zero-order chi connectivity index (χ0) is 14.6. The molecular weight excluding hydrogens is 363 g/mol. The minimum Gasteiger partial charge on any atom is -0.396 e. The van der Waals surface area contributed by atoms with E-state index < -0.39 is 11.8 Å². The van der Waals surface area contributed by atoms with E-state index in [1.165, 1.54) is 0 Å². The van der Waals surface area contributed by atoms with Gasteiger partial charge in [-0.3, -0.25) is 9.59 Å². The Balaban J connectivity index is 3.59. The molecule has 104 valence electrons. The van der Waals surface area contributed by atoms with Gasteiger partial charge in [-0.1, -0.05) is 6.07 Å². The van der Waals surface area contributed by atoms with Crippen LogP contribution in [-0.4, -0.2) is 35.2 Å². The zero-order valence-corrected chi connectivity index (χ0v) is 12.3. The van der Waals surface area contributed by atoms with Crippen LogP contribution in [0.4, 0.5) is 0 Å². The molecule has 0 radical (unpaired) electrons. The number of nitrogens with two attached hydrogens (primary N) is 2. The fourth-order valence-electron chi connectivity index (χ4n) is 1.93. The summed E-state index contributed by atoms with van der Waals surface area (Å²) in [4.78, 5) is 23.0. The van der Waals surface area contributed by atoms with Gasteiger partial charge in [-0.05, 0) is 46.6 Å². The first-order valence-electron chi connectivity index (χ1n) is 5.59. The topological polar surface area (TPSA) is 127 Å². The summed E-state index contributed by atoms with van der Waals surface area (Å²) in [5.41, 5.74) is 12.1. The van der Waals surface area contributed by atoms with Crippen LogP contribution in [0.2, 0.25) is 0 Å². The maximum atomic E-state index is 11.5. The van der Waals surface area contributed by atoms with Gasteiger partial charge in [0.15, 0.2) is 0 Å². The molecule has 0 unspecified atom stereocenters. The van der Waals surface area contributed by atoms with E-state index >= 15 is 0 Å². The molecule has 1 rings (SSSR count). The number of carbonyl (C=O) groups is 2. The van der Waals surface area contributed by atoms with Gasteiger partial charge in [-0.2, -0.15) is 0 Å². The van der Waals surface area contributed by atoms with Gasteiger partial charge in [0.05, 0.1) is 11.1 Å². The molecular formula is C12H15IN2O4. The SMILES string of the molecule is NC(=O)c1c(CCO)cc(CCO)c(C(N)=O)c1I. The molecule has 0 aromatic heterocycles. The van der Waals surface area contributed by atoms with E-state index in [0.29, 0.717) is 14.7 Å². The Morgan fingerprint density at radius 1 is 1.00 bits per heavy atom. The van der Waals surface area contributed by atoms with Crippen LogP contribution >= 0.6 is 22.6 Å². The number of halogens is 1. The van der Waals surface area contributed by atoms with Crippen molar-refractivity contribution in [1.29, 1.82) is 0 Å². The van der Waals surface area contributed by atoms with Crippen LogP contribution in [-0.2, 0) is 12.8 Å². The van der Waals surface area contributed by atoms with E-state index in [9.17, 15) is 9.59 Å². The van der Waals surface area contributed by atoms with Crippen molar-refractivity contribution in [2.45, 2.75) is 12.8 Å². The Morgan fingerprint density at radius 2 is 1.37 bits per heavy atom. The number of aliphatic hydroxyl groups excluding tert-OH is 2. The standard InChI is InChI=1S/C12H15IN2O4/c13-10-8(11(14)18)6(1-3-16)5-7(2-4-17)9(10)12(15)19/h5,16-17H,1-4H2,(H2,14,18)(H2,15,19). The molecule has 0 atom stereocenters. The Labute approximate surface area is 123 Å². The molecule has 0 aliphatic carbocycles. The quantitative estimate of drug-likeness (QED) is 0.501. The lowest BCUT2D eigenvalue weighted by Gasteiger charge is -2.15. The fourth-order valence-corrected chi connectivity index (χ4v) is 3.15. The summed E-state index contributed by atoms with van der Waals surface area (Å²) in [6, 6.07) is 1.59. The molecule has 0 saturated carbocycles. The molecule has 19 heavy (non-hydrogen) atoms. The first-order chi connectivity index (χ1) is 8.93. The molecule has 1 aromatic carbocycles. The highest BCUT2D eigenvalue weighted by atomic mass is 127. The molecule has 0 aliphatic rings. The van der Waals surface area contributed by atoms with E-state index in [1.807, 2.05) is 22.6 Å². The van der Waals surface area contributed by atoms with Crippen molar-refractivity contribution < 1.29 is 19.8 Å². The molecule has 6 N–H and O–H groups in total. The van der Waals surface area contributed by atoms with Crippen molar-refractivity contribution in [3.05, 3.63) is 31.9 Å². The summed E-state index contributed by atoms with van der Waals surface area (Å²) < 4.78 is 0.368. The Hall–Kier alpha value is -1.19. The second kappa shape index (κ2) is 6.83. The number of hydrogen-bond acceptors (Lipinski definition) is 4. The lowest BCUT2D eigenvalue weighted by molar-refractivity contribution is 0.0998. The van der Waals surface area contributed by atoms with E-state index in [2.05, 4.69) is 0 Å². The van der Waals surface area contributed by atoms with Gasteiger partial charge in [0.1, 0.15) is 0 Å². The average Bonchev–Trinajstić information content (AvgIpc) is 2.28. The number of hydrogen-bond donors (Lipinski definition) is 4. The highest BCUT2D eigenvalue weighted by molar-refractivity contribution is 14.1. The second-order valence-electron chi connectivity index (χ2n) is 3.93. The summed E-state index contributed by atoms with van der Waals surface area (Å²) in [6.07, 6.45) is 0.484. The summed E-state index contributed by atoms with van der Waals surface area (Å²) in [5.74, 6) is -1.35. The predicted molar refractivity (Wildman–Crippen MR) is 77.8 cm³/mol. The maximum Gasteiger partial charge on any atom is 0.250 e. The van der Waals surface area contributed by atoms with Crippen LogP contribution in [0.1, 0.15) is 31.8 Å². The summed E-state index contributed by atoms with van der Waals surface area (Å²) in [6.45, 7) is -0.296. The number of amides is 2. The molecule has 0 spiro atoms. The monoisotopic (exact) mass is 378 g/mol. The van der Waals surface area contributed by atoms with Gasteiger partial charge in [0, 0.05) is 16.8 Å². The van der Waals surface area contributed by atoms with Crippen molar-refractivity contribution in [1.82, 2.24) is 0 Å². The summed E-state index contributed by atoms with van der Waals surface area (Å²) >= 11 is 1.84. The fraction of sp³-hybridized carbons (Fsp3) is 0.333. The smallest absolute Gasteiger partial charge is 0.250 e. The molecule has 0 fully saturated rings. The van der Waals surface area contributed by atoms with Gasteiger partial charge < -0.3 is 21.7 Å². The van der Waals surface area contributed by atoms with E-state index in [0.717, 1.165) is 0 Å². The van der Waals surface area contributed by atoms with Crippen LogP contribution in [0.25, 0.3) is 0 Å². The first kappa shape index (κ1) is 15.9. The van der Waals surface area contributed by atoms with Gasteiger partial charge in [-0.25, -0.2) is 0 Å². The highest BCUT2D eigenvalue weighted by Gasteiger charge is 2.22. The van der Waals surface area contributed by atoms with Crippen LogP contribution in [0.3, 0.4) is 0 Å². The minimum absolute atomic E-state index is 0.148. The van der Waals surface area contributed by atoms with Crippen molar-refractivity contribution in [3.8, 4) is 0 Å². The molecule has 6 nitrogen and oxygen atoms in total. The number of benzene rings is 1. The lowest BCUT2D eigenvalue weighted by Crippen LogP contribution is -2.23. The van der Waals surface area contributed by atoms with Crippen LogP contribution in [0, 0.1) is 3.57 Å². The Kier molecular flexibility index (Phi) is 5.70. The third-order valence-electron chi connectivity index (χ3n) is 2.68. The summed E-state index contributed by atoms with van der Waals surface area (Å²) in [5, 5.41) is 18.0. The maximum absolute atomic E-state index is 11.5. The van der Waals surface area contributed by atoms with Gasteiger partial charge in [0.25, 0.3) is 0 Å². The normalized spacial score (nSPS) is 10.5. The predicted octanol–water partition coefficient (Wildman–Crippen LogP) is -0.441. The molecule has 0 aliphatic heterocycles. The highest BCUT2D eigenvalue weighted by Crippen LogP contribution is 2.26. The lowest BCUT2D eigenvalue weighted by atomic mass is 9.94. The Bertz CT molecular complexity index is 475. The third kappa shape index (κ3) is 3.43. The van der Waals surface area contributed by atoms with Crippen molar-refractivity contribution in [2.75, 3.05) is 13.2 Å². The minimum atomic E-state index is -0.675. The molecule has 0 bridgehead atoms. The molecule has 0 saturated heterocycles. The van der Waals surface area contributed by atoms with Crippen molar-refractivity contribution in [2.24, 2.45) is 11.5 Å². The van der Waals surface area contributed by atoms with Gasteiger partial charge in [0.2, 0.25) is 11.8 Å². The van der Waals surface area contributed by atoms with E-state index in [-0.39, 0.29) is 37.2 Å². The zero-order valence-electron chi connectivity index (χ0n) is 10.1. The van der Waals surface area contributed by atoms with E-state index in [4.69, 9.17) is 21.7 Å². The van der Waals surface area contributed by atoms with Crippen LogP contribution < -0.4 is 11.5 Å². The van der Waals surface area contributed by atoms with Gasteiger partial charge in [-0.15, -0.1) is 0 Å². The van der Waals surface area contributed by atoms with Crippen molar-refractivity contribution in [3.63, 3.8) is 0 Å². The third-order valence-corrected chi connectivity index (χ3v) is 3.76.